The molecule has 0 radical (unpaired) electrons. The largest absolute Gasteiger partial charge is 0.366 e. The number of hydrogen-bond donors (Lipinski definition) is 0. The van der Waals surface area contributed by atoms with E-state index in [2.05, 4.69) is 72.5 Å². The van der Waals surface area contributed by atoms with Gasteiger partial charge >= 0.3 is 0 Å². The van der Waals surface area contributed by atoms with Crippen LogP contribution in [0, 0.1) is 0 Å². The minimum atomic E-state index is -0.346. The third-order valence-electron chi connectivity index (χ3n) is 5.01. The molecule has 2 nitrogen and oxygen atoms in total. The first-order valence-electron chi connectivity index (χ1n) is 9.32. The van der Waals surface area contributed by atoms with Crippen LogP contribution < -0.4 is 0 Å². The van der Waals surface area contributed by atoms with E-state index >= 15 is 0 Å². The summed E-state index contributed by atoms with van der Waals surface area (Å²) < 4.78 is 6.58. The van der Waals surface area contributed by atoms with Crippen molar-refractivity contribution in [2.75, 3.05) is 26.2 Å². The van der Waals surface area contributed by atoms with Gasteiger partial charge in [0.25, 0.3) is 0 Å². The fourth-order valence-electron chi connectivity index (χ4n) is 3.71. The van der Waals surface area contributed by atoms with Gasteiger partial charge in [-0.05, 0) is 49.9 Å². The molecular weight excluding hydrogens is 294 g/mol. The molecule has 0 saturated carbocycles. The highest BCUT2D eigenvalue weighted by molar-refractivity contribution is 5.36. The molecule has 0 spiro atoms. The lowest BCUT2D eigenvalue weighted by Gasteiger charge is -2.36. The Kier molecular flexibility index (Phi) is 6.06. The predicted octanol–water partition coefficient (Wildman–Crippen LogP) is 4.84. The van der Waals surface area contributed by atoms with Crippen molar-refractivity contribution in [1.82, 2.24) is 4.90 Å². The molecule has 0 bridgehead atoms. The van der Waals surface area contributed by atoms with Gasteiger partial charge in [0.1, 0.15) is 5.60 Å². The van der Waals surface area contributed by atoms with Gasteiger partial charge in [0, 0.05) is 13.2 Å². The highest BCUT2D eigenvalue weighted by Crippen LogP contribution is 2.37. The van der Waals surface area contributed by atoms with Crippen molar-refractivity contribution in [3.05, 3.63) is 71.8 Å². The van der Waals surface area contributed by atoms with Crippen molar-refractivity contribution in [1.29, 1.82) is 0 Å². The molecule has 0 atom stereocenters. The Hall–Kier alpha value is -1.64. The summed E-state index contributed by atoms with van der Waals surface area (Å²) in [5, 5.41) is 0. The first-order valence-corrected chi connectivity index (χ1v) is 9.32. The van der Waals surface area contributed by atoms with Crippen molar-refractivity contribution in [3.63, 3.8) is 0 Å². The highest BCUT2D eigenvalue weighted by atomic mass is 16.5. The fraction of sp³-hybridized carbons (Fsp3) is 0.455. The maximum atomic E-state index is 6.58. The summed E-state index contributed by atoms with van der Waals surface area (Å²) >= 11 is 0. The van der Waals surface area contributed by atoms with Crippen LogP contribution in [0.2, 0.25) is 0 Å². The van der Waals surface area contributed by atoms with E-state index in [0.29, 0.717) is 0 Å². The summed E-state index contributed by atoms with van der Waals surface area (Å²) in [5.41, 5.74) is 2.19. The Labute approximate surface area is 146 Å². The van der Waals surface area contributed by atoms with Gasteiger partial charge in [0.05, 0.1) is 0 Å². The molecule has 1 fully saturated rings. The average Bonchev–Trinajstić information content (AvgIpc) is 3.17. The zero-order valence-corrected chi connectivity index (χ0v) is 14.8. The first kappa shape index (κ1) is 17.2. The molecular formula is C22H29NO. The number of rotatable bonds is 8. The van der Waals surface area contributed by atoms with Crippen LogP contribution in [0.4, 0.5) is 0 Å². The molecule has 1 saturated heterocycles. The van der Waals surface area contributed by atoms with Gasteiger partial charge in [-0.2, -0.15) is 0 Å². The van der Waals surface area contributed by atoms with E-state index < -0.39 is 0 Å². The predicted molar refractivity (Wildman–Crippen MR) is 100 cm³/mol. The monoisotopic (exact) mass is 323 g/mol. The lowest BCUT2D eigenvalue weighted by atomic mass is 9.83. The molecule has 0 unspecified atom stereocenters. The minimum Gasteiger partial charge on any atom is -0.366 e. The molecule has 24 heavy (non-hydrogen) atoms. The van der Waals surface area contributed by atoms with Gasteiger partial charge in [0.15, 0.2) is 0 Å². The van der Waals surface area contributed by atoms with E-state index in [1.165, 1.54) is 37.1 Å². The van der Waals surface area contributed by atoms with Crippen molar-refractivity contribution in [3.8, 4) is 0 Å². The van der Waals surface area contributed by atoms with E-state index in [4.69, 9.17) is 4.74 Å². The van der Waals surface area contributed by atoms with Crippen LogP contribution in [0.15, 0.2) is 60.7 Å². The van der Waals surface area contributed by atoms with Gasteiger partial charge in [-0.3, -0.25) is 0 Å². The molecule has 2 heteroatoms. The second kappa shape index (κ2) is 8.46. The summed E-state index contributed by atoms with van der Waals surface area (Å²) in [5.74, 6) is 0. The van der Waals surface area contributed by atoms with Crippen LogP contribution in [0.5, 0.6) is 0 Å². The second-order valence-corrected chi connectivity index (χ2v) is 6.71. The zero-order valence-electron chi connectivity index (χ0n) is 14.8. The lowest BCUT2D eigenvalue weighted by molar-refractivity contribution is -0.0294. The van der Waals surface area contributed by atoms with E-state index in [1.807, 2.05) is 0 Å². The van der Waals surface area contributed by atoms with Gasteiger partial charge in [-0.15, -0.1) is 0 Å². The molecule has 128 valence electrons. The molecule has 0 aromatic heterocycles. The summed E-state index contributed by atoms with van der Waals surface area (Å²) in [6, 6.07) is 21.5. The second-order valence-electron chi connectivity index (χ2n) is 6.71. The van der Waals surface area contributed by atoms with Crippen LogP contribution in [0.25, 0.3) is 0 Å². The smallest absolute Gasteiger partial charge is 0.119 e. The first-order chi connectivity index (χ1) is 11.8. The van der Waals surface area contributed by atoms with Gasteiger partial charge in [-0.1, -0.05) is 67.6 Å². The van der Waals surface area contributed by atoms with Crippen LogP contribution in [0.3, 0.4) is 0 Å². The lowest BCUT2D eigenvalue weighted by Crippen LogP contribution is -2.36. The number of benzene rings is 2. The molecule has 0 aliphatic carbocycles. The van der Waals surface area contributed by atoms with Crippen LogP contribution >= 0.6 is 0 Å². The SMILES string of the molecule is CCCOC(CCN1CCCC1)(c1ccccc1)c1ccccc1. The Morgan fingerprint density at radius 3 is 1.92 bits per heavy atom. The van der Waals surface area contributed by atoms with Crippen molar-refractivity contribution < 1.29 is 4.74 Å². The normalized spacial score (nSPS) is 15.7. The van der Waals surface area contributed by atoms with Crippen LogP contribution in [0.1, 0.15) is 43.7 Å². The van der Waals surface area contributed by atoms with Crippen LogP contribution in [-0.2, 0) is 10.3 Å². The highest BCUT2D eigenvalue weighted by Gasteiger charge is 2.35. The van der Waals surface area contributed by atoms with Crippen LogP contribution in [-0.4, -0.2) is 31.1 Å². The number of ether oxygens (including phenoxy) is 1. The van der Waals surface area contributed by atoms with E-state index in [-0.39, 0.29) is 5.60 Å². The van der Waals surface area contributed by atoms with Crippen molar-refractivity contribution in [2.45, 2.75) is 38.2 Å². The van der Waals surface area contributed by atoms with Gasteiger partial charge < -0.3 is 9.64 Å². The molecule has 2 aromatic carbocycles. The zero-order chi connectivity index (χ0) is 16.7. The maximum absolute atomic E-state index is 6.58. The van der Waals surface area contributed by atoms with E-state index in [1.54, 1.807) is 0 Å². The molecule has 2 aromatic rings. The maximum Gasteiger partial charge on any atom is 0.119 e. The van der Waals surface area contributed by atoms with Gasteiger partial charge in [-0.25, -0.2) is 0 Å². The number of hydrogen-bond acceptors (Lipinski definition) is 2. The van der Waals surface area contributed by atoms with Crippen molar-refractivity contribution >= 4 is 0 Å². The van der Waals surface area contributed by atoms with Gasteiger partial charge in [0.2, 0.25) is 0 Å². The Morgan fingerprint density at radius 2 is 1.42 bits per heavy atom. The number of likely N-dealkylation sites (tertiary alicyclic amines) is 1. The fourth-order valence-corrected chi connectivity index (χ4v) is 3.71. The molecule has 1 aliphatic heterocycles. The van der Waals surface area contributed by atoms with E-state index in [0.717, 1.165) is 26.0 Å². The Morgan fingerprint density at radius 1 is 0.875 bits per heavy atom. The average molecular weight is 323 g/mol. The Balaban J connectivity index is 1.95. The third kappa shape index (κ3) is 3.88. The standard InChI is InChI=1S/C22H29NO/c1-2-19-24-22(20-11-5-3-6-12-20,21-13-7-4-8-14-21)15-18-23-16-9-10-17-23/h3-8,11-14H,2,9-10,15-19H2,1H3. The Bertz CT molecular complexity index is 550. The summed E-state index contributed by atoms with van der Waals surface area (Å²) in [6.07, 6.45) is 4.70. The molecule has 0 N–H and O–H groups in total. The number of nitrogens with zero attached hydrogens (tertiary/aromatic N) is 1. The third-order valence-corrected chi connectivity index (χ3v) is 5.01. The molecule has 1 heterocycles. The molecule has 3 rings (SSSR count). The topological polar surface area (TPSA) is 12.5 Å². The summed E-state index contributed by atoms with van der Waals surface area (Å²) in [6.45, 7) is 6.51. The van der Waals surface area contributed by atoms with Crippen molar-refractivity contribution in [2.24, 2.45) is 0 Å². The van der Waals surface area contributed by atoms with E-state index in [9.17, 15) is 0 Å². The molecule has 0 amide bonds. The summed E-state index contributed by atoms with van der Waals surface area (Å²) in [4.78, 5) is 2.58. The summed E-state index contributed by atoms with van der Waals surface area (Å²) in [7, 11) is 0. The quantitative estimate of drug-likeness (QED) is 0.689. The molecule has 1 aliphatic rings. The minimum absolute atomic E-state index is 0.346.